The molecule has 0 radical (unpaired) electrons. The summed E-state index contributed by atoms with van der Waals surface area (Å²) in [5, 5.41) is 22.4. The molecule has 10 atom stereocenters. The first-order valence-corrected chi connectivity index (χ1v) is 17.1. The molecule has 2 unspecified atom stereocenters. The maximum absolute atomic E-state index is 13.3. The summed E-state index contributed by atoms with van der Waals surface area (Å²) in [5.41, 5.74) is 5.59. The van der Waals surface area contributed by atoms with Crippen LogP contribution in [0.4, 0.5) is 5.82 Å². The van der Waals surface area contributed by atoms with Crippen LogP contribution in [-0.2, 0) is 43.7 Å². The number of fused-ring (bicyclic) bond motifs is 6. The Morgan fingerprint density at radius 2 is 1.48 bits per heavy atom. The van der Waals surface area contributed by atoms with Crippen LogP contribution in [0.5, 0.6) is 0 Å². The molecule has 5 aromatic heterocycles. The van der Waals surface area contributed by atoms with Crippen LogP contribution in [0.1, 0.15) is 12.5 Å². The Balaban J connectivity index is 1.12. The lowest BCUT2D eigenvalue weighted by Gasteiger charge is -2.25. The topological polar surface area (TPSA) is 297 Å². The molecule has 25 heteroatoms. The number of ether oxygens (including phenoxy) is 2. The van der Waals surface area contributed by atoms with Gasteiger partial charge in [0.15, 0.2) is 35.1 Å². The zero-order valence-electron chi connectivity index (χ0n) is 24.4. The number of aliphatic hydroxyl groups is 2. The van der Waals surface area contributed by atoms with Gasteiger partial charge in [-0.1, -0.05) is 0 Å². The van der Waals surface area contributed by atoms with Crippen LogP contribution >= 0.6 is 15.6 Å². The van der Waals surface area contributed by atoms with E-state index in [1.54, 1.807) is 17.8 Å². The third-order valence-electron chi connectivity index (χ3n) is 8.24. The molecule has 5 aromatic rings. The van der Waals surface area contributed by atoms with Gasteiger partial charge in [-0.15, -0.1) is 0 Å². The summed E-state index contributed by atoms with van der Waals surface area (Å²) in [4.78, 5) is 55.1. The molecule has 3 saturated heterocycles. The smallest absolute Gasteiger partial charge is 0.387 e. The molecule has 3 fully saturated rings. The monoisotopic (exact) mass is 712 g/mol. The van der Waals surface area contributed by atoms with Gasteiger partial charge in [-0.3, -0.25) is 32.0 Å². The van der Waals surface area contributed by atoms with Gasteiger partial charge in [-0.2, -0.15) is 4.98 Å². The fourth-order valence-corrected chi connectivity index (χ4v) is 7.84. The fraction of sp³-hybridized carbons (Fsp3) is 0.478. The average molecular weight is 712 g/mol. The third-order valence-corrected chi connectivity index (χ3v) is 10.2. The van der Waals surface area contributed by atoms with E-state index in [0.717, 1.165) is 6.33 Å². The fourth-order valence-electron chi connectivity index (χ4n) is 5.94. The largest absolute Gasteiger partial charge is 0.472 e. The second kappa shape index (κ2) is 11.2. The van der Waals surface area contributed by atoms with E-state index in [9.17, 15) is 33.9 Å². The minimum absolute atomic E-state index is 0.00738. The van der Waals surface area contributed by atoms with Crippen LogP contribution in [-0.4, -0.2) is 113 Å². The van der Waals surface area contributed by atoms with Crippen molar-refractivity contribution in [1.82, 2.24) is 43.0 Å². The number of hydrogen-bond donors (Lipinski definition) is 5. The van der Waals surface area contributed by atoms with Crippen molar-refractivity contribution in [2.75, 3.05) is 18.9 Å². The second-order valence-electron chi connectivity index (χ2n) is 11.2. The number of nitrogens with zero attached hydrogens (tertiary/aromatic N) is 9. The van der Waals surface area contributed by atoms with Gasteiger partial charge in [0.1, 0.15) is 48.5 Å². The number of aryl methyl sites for hydroxylation is 1. The van der Waals surface area contributed by atoms with E-state index >= 15 is 0 Å². The standard InChI is InChI=1S/C23H26N10O13P2/c1-30-2-3-31-20(36)12-19(29-23(30)31)33(8-28-12)21-14(35)15-10(44-21)5-42-48(39,40)46-16-13(34)9(4-41-47(37,38)45-15)43-22(16)32-7-27-11-17(24)25-6-26-18(11)32/h2-3,6-10,13-16,21-22,34-35H,4-5H2,1H3,(H,37,38)(H,39,40)(H2,24,25,26)/t9-,10-,13-,14-,15-,16-,21-,22-/m1/s1. The molecule has 8 heterocycles. The predicted octanol–water partition coefficient (Wildman–Crippen LogP) is -1.66. The molecular weight excluding hydrogens is 686 g/mol. The number of nitrogens with two attached hydrogens (primary N) is 1. The zero-order valence-corrected chi connectivity index (χ0v) is 26.2. The molecule has 0 aromatic carbocycles. The van der Waals surface area contributed by atoms with Gasteiger partial charge in [-0.25, -0.2) is 33.5 Å². The van der Waals surface area contributed by atoms with Crippen molar-refractivity contribution in [1.29, 1.82) is 0 Å². The van der Waals surface area contributed by atoms with Crippen LogP contribution < -0.4 is 11.3 Å². The summed E-state index contributed by atoms with van der Waals surface area (Å²) in [6.07, 6.45) is -5.92. The van der Waals surface area contributed by atoms with Gasteiger partial charge >= 0.3 is 15.6 Å². The van der Waals surface area contributed by atoms with Crippen LogP contribution in [0.25, 0.3) is 28.1 Å². The maximum Gasteiger partial charge on any atom is 0.472 e. The lowest BCUT2D eigenvalue weighted by molar-refractivity contribution is -0.0672. The zero-order chi connectivity index (χ0) is 33.7. The van der Waals surface area contributed by atoms with E-state index in [1.165, 1.54) is 32.4 Å². The first-order valence-electron chi connectivity index (χ1n) is 14.1. The van der Waals surface area contributed by atoms with E-state index in [4.69, 9.17) is 33.3 Å². The average Bonchev–Trinajstić information content (AvgIpc) is 3.85. The summed E-state index contributed by atoms with van der Waals surface area (Å²) in [6, 6.07) is 0. The summed E-state index contributed by atoms with van der Waals surface area (Å²) < 4.78 is 64.6. The summed E-state index contributed by atoms with van der Waals surface area (Å²) in [5.74, 6) is 0.269. The van der Waals surface area contributed by atoms with Gasteiger partial charge in [0.05, 0.1) is 25.9 Å². The highest BCUT2D eigenvalue weighted by Crippen LogP contribution is 2.53. The number of phosphoric acid groups is 2. The molecule has 6 N–H and O–H groups in total. The number of aliphatic hydroxyl groups excluding tert-OH is 2. The number of imidazole rings is 3. The van der Waals surface area contributed by atoms with Gasteiger partial charge in [0.25, 0.3) is 5.56 Å². The quantitative estimate of drug-likeness (QED) is 0.128. The van der Waals surface area contributed by atoms with Crippen molar-refractivity contribution in [3.05, 3.63) is 41.7 Å². The Kier molecular flexibility index (Phi) is 7.34. The molecule has 0 saturated carbocycles. The maximum atomic E-state index is 13.3. The highest BCUT2D eigenvalue weighted by Gasteiger charge is 2.54. The minimum Gasteiger partial charge on any atom is -0.387 e. The van der Waals surface area contributed by atoms with E-state index in [-0.39, 0.29) is 33.9 Å². The number of anilines is 1. The Hall–Kier alpha value is -3.70. The number of aromatic nitrogens is 9. The first-order chi connectivity index (χ1) is 22.8. The van der Waals surface area contributed by atoms with Crippen LogP contribution in [0, 0.1) is 0 Å². The summed E-state index contributed by atoms with van der Waals surface area (Å²) >= 11 is 0. The molecular formula is C23H26N10O13P2. The SMILES string of the molecule is Cn1ccn2c(=O)c3ncn([C@@H]4O[C@@H]5COP(=O)(O)O[C@@H]6[C@H](O)[C@@H](COP(=O)(O)O[C@H]5[C@H]4O)O[C@H]6n4cnc5c(N)ncnc54)c3nc12. The van der Waals surface area contributed by atoms with Gasteiger partial charge < -0.3 is 39.8 Å². The minimum atomic E-state index is -5.10. The van der Waals surface area contributed by atoms with Gasteiger partial charge in [0, 0.05) is 19.4 Å². The molecule has 2 bridgehead atoms. The molecule has 8 rings (SSSR count). The second-order valence-corrected chi connectivity index (χ2v) is 14.0. The third kappa shape index (κ3) is 5.07. The highest BCUT2D eigenvalue weighted by molar-refractivity contribution is 7.47. The first kappa shape index (κ1) is 31.6. The molecule has 48 heavy (non-hydrogen) atoms. The molecule has 3 aliphatic rings. The van der Waals surface area contributed by atoms with Crippen molar-refractivity contribution in [2.45, 2.75) is 49.1 Å². The Bertz CT molecular complexity index is 2220. The van der Waals surface area contributed by atoms with E-state index < -0.39 is 83.5 Å². The number of phosphoric ester groups is 2. The van der Waals surface area contributed by atoms with Crippen molar-refractivity contribution >= 4 is 49.6 Å². The highest BCUT2D eigenvalue weighted by atomic mass is 31.2. The molecule has 0 aliphatic carbocycles. The van der Waals surface area contributed by atoms with Crippen molar-refractivity contribution in [3.63, 3.8) is 0 Å². The Labute approximate surface area is 266 Å². The number of hydrogen-bond acceptors (Lipinski definition) is 17. The van der Waals surface area contributed by atoms with Crippen molar-refractivity contribution < 1.29 is 56.7 Å². The van der Waals surface area contributed by atoms with E-state index in [0.29, 0.717) is 0 Å². The lowest BCUT2D eigenvalue weighted by Crippen LogP contribution is -2.36. The molecule has 23 nitrogen and oxygen atoms in total. The Morgan fingerprint density at radius 1 is 0.833 bits per heavy atom. The van der Waals surface area contributed by atoms with Crippen LogP contribution in [0.3, 0.4) is 0 Å². The Morgan fingerprint density at radius 3 is 2.23 bits per heavy atom. The lowest BCUT2D eigenvalue weighted by atomic mass is 10.1. The van der Waals surface area contributed by atoms with Crippen molar-refractivity contribution in [3.8, 4) is 0 Å². The van der Waals surface area contributed by atoms with Gasteiger partial charge in [-0.05, 0) is 0 Å². The molecule has 3 aliphatic heterocycles. The molecule has 0 spiro atoms. The number of rotatable bonds is 2. The van der Waals surface area contributed by atoms with E-state index in [2.05, 4.69) is 24.9 Å². The summed E-state index contributed by atoms with van der Waals surface area (Å²) in [7, 11) is -8.51. The normalized spacial score (nSPS) is 36.3. The number of nitrogen functional groups attached to an aromatic ring is 1. The van der Waals surface area contributed by atoms with Gasteiger partial charge in [0.2, 0.25) is 5.78 Å². The predicted molar refractivity (Wildman–Crippen MR) is 155 cm³/mol. The van der Waals surface area contributed by atoms with E-state index in [1.807, 2.05) is 0 Å². The van der Waals surface area contributed by atoms with Crippen LogP contribution in [0.15, 0.2) is 36.2 Å². The van der Waals surface area contributed by atoms with Crippen LogP contribution in [0.2, 0.25) is 0 Å². The molecule has 0 amide bonds. The summed E-state index contributed by atoms with van der Waals surface area (Å²) in [6.45, 7) is -1.62. The molecule has 256 valence electrons. The van der Waals surface area contributed by atoms with Crippen molar-refractivity contribution in [2.24, 2.45) is 7.05 Å².